The zero-order valence-electron chi connectivity index (χ0n) is 6.17. The van der Waals surface area contributed by atoms with E-state index in [1.165, 1.54) is 5.56 Å². The van der Waals surface area contributed by atoms with E-state index in [1.807, 2.05) is 24.3 Å². The quantitative estimate of drug-likeness (QED) is 0.585. The van der Waals surface area contributed by atoms with Crippen LogP contribution in [0.25, 0.3) is 0 Å². The first-order chi connectivity index (χ1) is 4.70. The van der Waals surface area contributed by atoms with Gasteiger partial charge in [0.15, 0.2) is 0 Å². The molecule has 1 nitrogen and oxygen atoms in total. The summed E-state index contributed by atoms with van der Waals surface area (Å²) < 4.78 is 0. The topological polar surface area (TPSA) is 26.0 Å². The lowest BCUT2D eigenvalue weighted by Gasteiger charge is -2.03. The first-order valence-corrected chi connectivity index (χ1v) is 3.38. The minimum Gasteiger partial charge on any atom is -0.399 e. The van der Waals surface area contributed by atoms with E-state index in [2.05, 4.69) is 13.8 Å². The summed E-state index contributed by atoms with van der Waals surface area (Å²) in [7, 11) is 0. The van der Waals surface area contributed by atoms with E-state index < -0.39 is 0 Å². The molecule has 0 spiro atoms. The number of nitrogens with two attached hydrogens (primary N) is 1. The standard InChI is InChI=1S/C9H12N/c1-7(2)8-3-5-9(10)6-4-8/h3-7H,1,10H2,2H3/t7-/m1/s1. The minimum absolute atomic E-state index is 0.348. The molecule has 1 radical (unpaired) electrons. The maximum Gasteiger partial charge on any atom is 0.0314 e. The third-order valence-electron chi connectivity index (χ3n) is 1.51. The molecule has 2 N–H and O–H groups in total. The van der Waals surface area contributed by atoms with Crippen LogP contribution in [0.2, 0.25) is 0 Å². The van der Waals surface area contributed by atoms with E-state index in [0.717, 1.165) is 5.69 Å². The van der Waals surface area contributed by atoms with E-state index in [1.54, 1.807) is 0 Å². The zero-order valence-corrected chi connectivity index (χ0v) is 6.17. The van der Waals surface area contributed by atoms with Gasteiger partial charge in [-0.1, -0.05) is 19.1 Å². The van der Waals surface area contributed by atoms with E-state index >= 15 is 0 Å². The van der Waals surface area contributed by atoms with E-state index in [0.29, 0.717) is 5.92 Å². The van der Waals surface area contributed by atoms with Crippen molar-refractivity contribution in [3.05, 3.63) is 36.8 Å². The third kappa shape index (κ3) is 1.50. The molecule has 0 unspecified atom stereocenters. The van der Waals surface area contributed by atoms with Crippen molar-refractivity contribution in [3.8, 4) is 0 Å². The summed E-state index contributed by atoms with van der Waals surface area (Å²) in [6, 6.07) is 7.81. The fourth-order valence-electron chi connectivity index (χ4n) is 0.825. The zero-order chi connectivity index (χ0) is 7.56. The van der Waals surface area contributed by atoms with Crippen LogP contribution >= 0.6 is 0 Å². The molecule has 0 heterocycles. The summed E-state index contributed by atoms with van der Waals surface area (Å²) in [5.74, 6) is 0.348. The summed E-state index contributed by atoms with van der Waals surface area (Å²) >= 11 is 0. The molecule has 1 rings (SSSR count). The predicted molar refractivity (Wildman–Crippen MR) is 44.6 cm³/mol. The van der Waals surface area contributed by atoms with Crippen molar-refractivity contribution in [2.24, 2.45) is 0 Å². The molecule has 0 saturated carbocycles. The van der Waals surface area contributed by atoms with Gasteiger partial charge in [-0.05, 0) is 30.5 Å². The number of anilines is 1. The van der Waals surface area contributed by atoms with Crippen LogP contribution in [0.3, 0.4) is 0 Å². The van der Waals surface area contributed by atoms with Gasteiger partial charge in [0.05, 0.1) is 0 Å². The van der Waals surface area contributed by atoms with Crippen LogP contribution in [-0.4, -0.2) is 0 Å². The van der Waals surface area contributed by atoms with Gasteiger partial charge in [-0.3, -0.25) is 0 Å². The molecule has 1 aromatic rings. The van der Waals surface area contributed by atoms with Gasteiger partial charge in [-0.2, -0.15) is 0 Å². The van der Waals surface area contributed by atoms with Crippen LogP contribution in [0.4, 0.5) is 5.69 Å². The van der Waals surface area contributed by atoms with Gasteiger partial charge < -0.3 is 5.73 Å². The smallest absolute Gasteiger partial charge is 0.0314 e. The maximum absolute atomic E-state index is 5.51. The van der Waals surface area contributed by atoms with Crippen molar-refractivity contribution < 1.29 is 0 Å². The van der Waals surface area contributed by atoms with Crippen LogP contribution in [0.5, 0.6) is 0 Å². The molecule has 1 heteroatoms. The Kier molecular flexibility index (Phi) is 1.95. The Bertz CT molecular complexity index is 198. The Morgan fingerprint density at radius 2 is 1.80 bits per heavy atom. The van der Waals surface area contributed by atoms with Crippen LogP contribution in [0, 0.1) is 6.92 Å². The molecule has 0 aliphatic rings. The molecular formula is C9H12N. The van der Waals surface area contributed by atoms with Gasteiger partial charge in [0.2, 0.25) is 0 Å². The lowest BCUT2D eigenvalue weighted by molar-refractivity contribution is 0.965. The van der Waals surface area contributed by atoms with Crippen LogP contribution < -0.4 is 5.73 Å². The van der Waals surface area contributed by atoms with Gasteiger partial charge in [0, 0.05) is 5.69 Å². The van der Waals surface area contributed by atoms with Gasteiger partial charge in [0.1, 0.15) is 0 Å². The molecule has 10 heavy (non-hydrogen) atoms. The molecule has 0 aliphatic carbocycles. The molecule has 0 aromatic heterocycles. The Labute approximate surface area is 61.9 Å². The van der Waals surface area contributed by atoms with Crippen molar-refractivity contribution in [1.29, 1.82) is 0 Å². The summed E-state index contributed by atoms with van der Waals surface area (Å²) in [4.78, 5) is 0. The summed E-state index contributed by atoms with van der Waals surface area (Å²) in [5, 5.41) is 0. The number of benzene rings is 1. The van der Waals surface area contributed by atoms with Crippen LogP contribution in [0.1, 0.15) is 18.4 Å². The van der Waals surface area contributed by atoms with Crippen molar-refractivity contribution >= 4 is 5.69 Å². The SMILES string of the molecule is [CH2][C@H](C)c1ccc(N)cc1. The second-order valence-electron chi connectivity index (χ2n) is 2.57. The number of hydrogen-bond donors (Lipinski definition) is 1. The second-order valence-corrected chi connectivity index (χ2v) is 2.57. The van der Waals surface area contributed by atoms with Crippen molar-refractivity contribution in [3.63, 3.8) is 0 Å². The molecule has 53 valence electrons. The molecule has 0 bridgehead atoms. The number of nitrogen functional groups attached to an aromatic ring is 1. The first-order valence-electron chi connectivity index (χ1n) is 3.38. The number of hydrogen-bond acceptors (Lipinski definition) is 1. The molecule has 0 aliphatic heterocycles. The van der Waals surface area contributed by atoms with E-state index in [4.69, 9.17) is 5.73 Å². The normalized spacial score (nSPS) is 10.3. The molecule has 1 aromatic carbocycles. The Morgan fingerprint density at radius 1 is 1.30 bits per heavy atom. The molecule has 0 amide bonds. The monoisotopic (exact) mass is 134 g/mol. The Balaban J connectivity index is 2.89. The van der Waals surface area contributed by atoms with E-state index in [-0.39, 0.29) is 0 Å². The average molecular weight is 134 g/mol. The highest BCUT2D eigenvalue weighted by atomic mass is 14.5. The van der Waals surface area contributed by atoms with Crippen LogP contribution in [-0.2, 0) is 0 Å². The van der Waals surface area contributed by atoms with Gasteiger partial charge in [-0.25, -0.2) is 0 Å². The first kappa shape index (κ1) is 7.13. The van der Waals surface area contributed by atoms with Crippen molar-refractivity contribution in [1.82, 2.24) is 0 Å². The summed E-state index contributed by atoms with van der Waals surface area (Å²) in [5.41, 5.74) is 7.55. The third-order valence-corrected chi connectivity index (χ3v) is 1.51. The molecule has 1 atom stereocenters. The Hall–Kier alpha value is -0.980. The fourth-order valence-corrected chi connectivity index (χ4v) is 0.825. The summed E-state index contributed by atoms with van der Waals surface area (Å²) in [6.07, 6.45) is 0. The highest BCUT2D eigenvalue weighted by Gasteiger charge is 1.95. The Morgan fingerprint density at radius 3 is 2.20 bits per heavy atom. The lowest BCUT2D eigenvalue weighted by Crippen LogP contribution is -1.88. The number of rotatable bonds is 1. The summed E-state index contributed by atoms with van der Waals surface area (Å²) in [6.45, 7) is 5.96. The van der Waals surface area contributed by atoms with E-state index in [9.17, 15) is 0 Å². The largest absolute Gasteiger partial charge is 0.399 e. The molecule has 0 saturated heterocycles. The maximum atomic E-state index is 5.51. The fraction of sp³-hybridized carbons (Fsp3) is 0.222. The van der Waals surface area contributed by atoms with Crippen LogP contribution in [0.15, 0.2) is 24.3 Å². The van der Waals surface area contributed by atoms with Gasteiger partial charge in [-0.15, -0.1) is 0 Å². The highest BCUT2D eigenvalue weighted by Crippen LogP contribution is 2.14. The van der Waals surface area contributed by atoms with Crippen molar-refractivity contribution in [2.75, 3.05) is 5.73 Å². The lowest BCUT2D eigenvalue weighted by atomic mass is 10.0. The van der Waals surface area contributed by atoms with Crippen molar-refractivity contribution in [2.45, 2.75) is 12.8 Å². The molecule has 0 fully saturated rings. The highest BCUT2D eigenvalue weighted by molar-refractivity contribution is 5.40. The average Bonchev–Trinajstić information content (AvgIpc) is 1.88. The minimum atomic E-state index is 0.348. The van der Waals surface area contributed by atoms with Gasteiger partial charge in [0.25, 0.3) is 0 Å². The second kappa shape index (κ2) is 2.74. The van der Waals surface area contributed by atoms with Gasteiger partial charge >= 0.3 is 0 Å². The predicted octanol–water partition coefficient (Wildman–Crippen LogP) is 2.21. The molecular weight excluding hydrogens is 122 g/mol.